The van der Waals surface area contributed by atoms with Gasteiger partial charge < -0.3 is 9.15 Å². The van der Waals surface area contributed by atoms with Crippen LogP contribution in [0.3, 0.4) is 0 Å². The molecule has 0 spiro atoms. The van der Waals surface area contributed by atoms with Crippen LogP contribution < -0.4 is 5.32 Å². The first-order chi connectivity index (χ1) is 7.09. The van der Waals surface area contributed by atoms with Crippen molar-refractivity contribution in [2.24, 2.45) is 0 Å². The summed E-state index contributed by atoms with van der Waals surface area (Å²) in [5.41, 5.74) is 0. The highest BCUT2D eigenvalue weighted by molar-refractivity contribution is 5.71. The van der Waals surface area contributed by atoms with Gasteiger partial charge in [-0.1, -0.05) is 0 Å². The molecular weight excluding hydrogens is 194 g/mol. The van der Waals surface area contributed by atoms with Gasteiger partial charge >= 0.3 is 5.97 Å². The zero-order chi connectivity index (χ0) is 11.3. The molecule has 4 heteroatoms. The molecule has 1 rings (SSSR count). The van der Waals surface area contributed by atoms with E-state index in [0.717, 1.165) is 5.76 Å². The maximum Gasteiger partial charge on any atom is 0.320 e. The molecule has 0 aliphatic carbocycles. The van der Waals surface area contributed by atoms with Gasteiger partial charge in [0.15, 0.2) is 0 Å². The molecule has 0 aliphatic rings. The lowest BCUT2D eigenvalue weighted by molar-refractivity contribution is -0.146. The van der Waals surface area contributed by atoms with Crippen LogP contribution in [0.2, 0.25) is 0 Å². The van der Waals surface area contributed by atoms with Gasteiger partial charge in [-0.05, 0) is 32.9 Å². The van der Waals surface area contributed by atoms with Gasteiger partial charge in [0.05, 0.1) is 25.0 Å². The van der Waals surface area contributed by atoms with Gasteiger partial charge in [-0.15, -0.1) is 0 Å². The predicted octanol–water partition coefficient (Wildman–Crippen LogP) is 1.88. The van der Waals surface area contributed by atoms with E-state index in [1.54, 1.807) is 6.26 Å². The number of furan rings is 1. The molecule has 15 heavy (non-hydrogen) atoms. The van der Waals surface area contributed by atoms with E-state index in [-0.39, 0.29) is 24.7 Å². The molecule has 1 aromatic heterocycles. The molecule has 0 fully saturated rings. The van der Waals surface area contributed by atoms with E-state index >= 15 is 0 Å². The number of rotatable bonds is 5. The Bertz CT molecular complexity index is 293. The van der Waals surface area contributed by atoms with Crippen molar-refractivity contribution in [3.63, 3.8) is 0 Å². The zero-order valence-electron chi connectivity index (χ0n) is 9.32. The smallest absolute Gasteiger partial charge is 0.320 e. The van der Waals surface area contributed by atoms with Gasteiger partial charge in [0.25, 0.3) is 0 Å². The molecule has 1 N–H and O–H groups in total. The second-order valence-corrected chi connectivity index (χ2v) is 3.66. The maximum atomic E-state index is 11.2. The van der Waals surface area contributed by atoms with E-state index in [0.29, 0.717) is 0 Å². The summed E-state index contributed by atoms with van der Waals surface area (Å²) in [6.07, 6.45) is 1.54. The summed E-state index contributed by atoms with van der Waals surface area (Å²) in [6.45, 7) is 5.78. The highest BCUT2D eigenvalue weighted by Crippen LogP contribution is 2.11. The second-order valence-electron chi connectivity index (χ2n) is 3.66. The predicted molar refractivity (Wildman–Crippen MR) is 56.4 cm³/mol. The third-order valence-corrected chi connectivity index (χ3v) is 1.89. The number of nitrogens with one attached hydrogen (secondary N) is 1. The van der Waals surface area contributed by atoms with Crippen LogP contribution in [0.15, 0.2) is 22.8 Å². The van der Waals surface area contributed by atoms with Gasteiger partial charge in [0.2, 0.25) is 0 Å². The van der Waals surface area contributed by atoms with Crippen LogP contribution in [0.5, 0.6) is 0 Å². The Balaban J connectivity index is 2.28. The molecule has 0 saturated carbocycles. The number of ether oxygens (including phenoxy) is 1. The first-order valence-corrected chi connectivity index (χ1v) is 5.06. The van der Waals surface area contributed by atoms with E-state index in [4.69, 9.17) is 9.15 Å². The molecule has 0 unspecified atom stereocenters. The van der Waals surface area contributed by atoms with Crippen LogP contribution in [0, 0.1) is 0 Å². The van der Waals surface area contributed by atoms with E-state index in [9.17, 15) is 4.79 Å². The van der Waals surface area contributed by atoms with Crippen molar-refractivity contribution in [2.45, 2.75) is 32.9 Å². The molecule has 4 nitrogen and oxygen atoms in total. The van der Waals surface area contributed by atoms with E-state index in [1.165, 1.54) is 0 Å². The second kappa shape index (κ2) is 5.56. The SMILES string of the molecule is CC(C)OC(=O)CN[C@H](C)c1ccco1. The summed E-state index contributed by atoms with van der Waals surface area (Å²) < 4.78 is 10.2. The first-order valence-electron chi connectivity index (χ1n) is 5.06. The lowest BCUT2D eigenvalue weighted by Crippen LogP contribution is -2.28. The maximum absolute atomic E-state index is 11.2. The molecule has 0 bridgehead atoms. The Morgan fingerprint density at radius 2 is 2.27 bits per heavy atom. The number of carbonyl (C=O) groups is 1. The Hall–Kier alpha value is -1.29. The van der Waals surface area contributed by atoms with Crippen LogP contribution in [0.4, 0.5) is 0 Å². The lowest BCUT2D eigenvalue weighted by atomic mass is 10.2. The minimum absolute atomic E-state index is 0.0136. The van der Waals surface area contributed by atoms with Crippen molar-refractivity contribution in [3.8, 4) is 0 Å². The van der Waals surface area contributed by atoms with Crippen LogP contribution in [-0.2, 0) is 9.53 Å². The van der Waals surface area contributed by atoms with Crippen molar-refractivity contribution in [2.75, 3.05) is 6.54 Å². The molecule has 1 atom stereocenters. The Morgan fingerprint density at radius 3 is 2.80 bits per heavy atom. The third kappa shape index (κ3) is 4.16. The fourth-order valence-electron chi connectivity index (χ4n) is 1.18. The standard InChI is InChI=1S/C11H17NO3/c1-8(2)15-11(13)7-12-9(3)10-5-4-6-14-10/h4-6,8-9,12H,7H2,1-3H3/t9-/m1/s1. The molecule has 1 heterocycles. The molecule has 1 aromatic rings. The Kier molecular flexibility index (Phi) is 4.37. The summed E-state index contributed by atoms with van der Waals surface area (Å²) in [5, 5.41) is 3.02. The van der Waals surface area contributed by atoms with E-state index < -0.39 is 0 Å². The van der Waals surface area contributed by atoms with Crippen LogP contribution in [0.25, 0.3) is 0 Å². The molecular formula is C11H17NO3. The quantitative estimate of drug-likeness (QED) is 0.755. The van der Waals surface area contributed by atoms with E-state index in [2.05, 4.69) is 5.32 Å². The molecule has 0 aromatic carbocycles. The summed E-state index contributed by atoms with van der Waals surface area (Å²) >= 11 is 0. The van der Waals surface area contributed by atoms with Gasteiger partial charge in [-0.2, -0.15) is 0 Å². The first kappa shape index (κ1) is 11.8. The van der Waals surface area contributed by atoms with Crippen LogP contribution in [0.1, 0.15) is 32.6 Å². The van der Waals surface area contributed by atoms with Crippen LogP contribution >= 0.6 is 0 Å². The van der Waals surface area contributed by atoms with Crippen molar-refractivity contribution in [1.82, 2.24) is 5.32 Å². The fraction of sp³-hybridized carbons (Fsp3) is 0.545. The number of hydrogen-bond acceptors (Lipinski definition) is 4. The van der Waals surface area contributed by atoms with Gasteiger partial charge in [0.1, 0.15) is 5.76 Å². The van der Waals surface area contributed by atoms with Crippen molar-refractivity contribution in [3.05, 3.63) is 24.2 Å². The normalized spacial score (nSPS) is 12.8. The van der Waals surface area contributed by atoms with Gasteiger partial charge in [-0.3, -0.25) is 10.1 Å². The van der Waals surface area contributed by atoms with Gasteiger partial charge in [0, 0.05) is 0 Å². The van der Waals surface area contributed by atoms with Crippen LogP contribution in [-0.4, -0.2) is 18.6 Å². The number of carbonyl (C=O) groups excluding carboxylic acids is 1. The monoisotopic (exact) mass is 211 g/mol. The minimum Gasteiger partial charge on any atom is -0.468 e. The third-order valence-electron chi connectivity index (χ3n) is 1.89. The van der Waals surface area contributed by atoms with Crippen molar-refractivity contribution < 1.29 is 13.9 Å². The Morgan fingerprint density at radius 1 is 1.53 bits per heavy atom. The highest BCUT2D eigenvalue weighted by Gasteiger charge is 2.10. The minimum atomic E-state index is -0.247. The molecule has 0 saturated heterocycles. The lowest BCUT2D eigenvalue weighted by Gasteiger charge is -2.12. The number of hydrogen-bond donors (Lipinski definition) is 1. The highest BCUT2D eigenvalue weighted by atomic mass is 16.5. The zero-order valence-corrected chi connectivity index (χ0v) is 9.32. The number of esters is 1. The summed E-state index contributed by atoms with van der Waals surface area (Å²) in [4.78, 5) is 11.2. The summed E-state index contributed by atoms with van der Waals surface area (Å²) in [6, 6.07) is 3.70. The molecule has 0 aliphatic heterocycles. The van der Waals surface area contributed by atoms with E-state index in [1.807, 2.05) is 32.9 Å². The summed E-state index contributed by atoms with van der Waals surface area (Å²) in [7, 11) is 0. The largest absolute Gasteiger partial charge is 0.468 e. The summed E-state index contributed by atoms with van der Waals surface area (Å²) in [5.74, 6) is 0.566. The van der Waals surface area contributed by atoms with Gasteiger partial charge in [-0.25, -0.2) is 0 Å². The fourth-order valence-corrected chi connectivity index (χ4v) is 1.18. The average molecular weight is 211 g/mol. The van der Waals surface area contributed by atoms with Crippen molar-refractivity contribution in [1.29, 1.82) is 0 Å². The molecule has 0 amide bonds. The van der Waals surface area contributed by atoms with Crippen molar-refractivity contribution >= 4 is 5.97 Å². The molecule has 84 valence electrons. The topological polar surface area (TPSA) is 51.5 Å². The average Bonchev–Trinajstić information content (AvgIpc) is 2.65. The Labute approximate surface area is 89.6 Å². The molecule has 0 radical (unpaired) electrons.